The molecule has 0 aliphatic carbocycles. The molecule has 0 saturated carbocycles. The molecule has 0 amide bonds. The first-order valence-electron chi connectivity index (χ1n) is 3.89. The topological polar surface area (TPSA) is 55.4 Å². The third kappa shape index (κ3) is 3.01. The predicted molar refractivity (Wildman–Crippen MR) is 63.9 cm³/mol. The summed E-state index contributed by atoms with van der Waals surface area (Å²) in [6.07, 6.45) is 0. The molecule has 0 saturated heterocycles. The van der Waals surface area contributed by atoms with Crippen molar-refractivity contribution in [3.8, 4) is 0 Å². The summed E-state index contributed by atoms with van der Waals surface area (Å²) < 4.78 is 24.5. The van der Waals surface area contributed by atoms with Crippen molar-refractivity contribution in [1.29, 1.82) is 0 Å². The number of hydrogen-bond acceptors (Lipinski definition) is 3. The number of hydrogen-bond donors (Lipinski definition) is 1. The third-order valence-corrected chi connectivity index (χ3v) is 4.77. The van der Waals surface area contributed by atoms with E-state index in [9.17, 15) is 8.42 Å². The Labute approximate surface area is 105 Å². The van der Waals surface area contributed by atoms with Crippen LogP contribution in [0, 0.1) is 6.92 Å². The number of sulfonamides is 1. The molecule has 84 valence electrons. The summed E-state index contributed by atoms with van der Waals surface area (Å²) in [5.41, 5.74) is 0.943. The Kier molecular flexibility index (Phi) is 4.30. The summed E-state index contributed by atoms with van der Waals surface area (Å²) in [4.78, 5) is 6.49. The van der Waals surface area contributed by atoms with E-state index < -0.39 is 10.0 Å². The van der Waals surface area contributed by atoms with E-state index in [0.29, 0.717) is 4.47 Å². The second-order valence-electron chi connectivity index (χ2n) is 2.82. The molecule has 1 N–H and O–H groups in total. The van der Waals surface area contributed by atoms with E-state index in [0.717, 1.165) is 10.0 Å². The van der Waals surface area contributed by atoms with Crippen LogP contribution < -0.4 is 4.89 Å². The van der Waals surface area contributed by atoms with Gasteiger partial charge in [-0.3, -0.25) is 4.84 Å². The summed E-state index contributed by atoms with van der Waals surface area (Å²) in [5, 5.41) is 0. The number of halogens is 2. The van der Waals surface area contributed by atoms with E-state index in [1.807, 2.05) is 11.8 Å². The Morgan fingerprint density at radius 2 is 1.87 bits per heavy atom. The molecule has 0 atom stereocenters. The minimum atomic E-state index is -3.63. The van der Waals surface area contributed by atoms with Gasteiger partial charge in [0, 0.05) is 8.95 Å². The van der Waals surface area contributed by atoms with Crippen molar-refractivity contribution in [1.82, 2.24) is 4.89 Å². The fourth-order valence-electron chi connectivity index (χ4n) is 0.989. The normalized spacial score (nSPS) is 11.7. The molecule has 0 fully saturated rings. The van der Waals surface area contributed by atoms with E-state index in [4.69, 9.17) is 0 Å². The van der Waals surface area contributed by atoms with Crippen molar-refractivity contribution in [2.24, 2.45) is 0 Å². The Balaban J connectivity index is 3.33. The maximum atomic E-state index is 11.6. The van der Waals surface area contributed by atoms with Gasteiger partial charge in [-0.1, -0.05) is 20.8 Å². The molecule has 0 bridgehead atoms. The highest BCUT2D eigenvalue weighted by atomic mass is 79.9. The number of aryl methyl sites for hydroxylation is 1. The van der Waals surface area contributed by atoms with Gasteiger partial charge in [0.2, 0.25) is 0 Å². The Morgan fingerprint density at radius 3 is 2.40 bits per heavy atom. The Bertz CT molecular complexity index is 473. The van der Waals surface area contributed by atoms with Crippen LogP contribution in [-0.2, 0) is 14.9 Å². The van der Waals surface area contributed by atoms with Crippen LogP contribution in [0.4, 0.5) is 0 Å². The van der Waals surface area contributed by atoms with Crippen LogP contribution in [0.3, 0.4) is 0 Å². The maximum absolute atomic E-state index is 11.6. The lowest BCUT2D eigenvalue weighted by Gasteiger charge is -2.08. The van der Waals surface area contributed by atoms with E-state index in [-0.39, 0.29) is 4.90 Å². The summed E-state index contributed by atoms with van der Waals surface area (Å²) in [7, 11) is -2.38. The fraction of sp³-hybridized carbons (Fsp3) is 0.250. The van der Waals surface area contributed by atoms with Gasteiger partial charge in [0.1, 0.15) is 0 Å². The lowest BCUT2D eigenvalue weighted by Crippen LogP contribution is -2.22. The highest BCUT2D eigenvalue weighted by Crippen LogP contribution is 2.28. The summed E-state index contributed by atoms with van der Waals surface area (Å²) >= 11 is 6.46. The molecule has 15 heavy (non-hydrogen) atoms. The molecule has 0 radical (unpaired) electrons. The van der Waals surface area contributed by atoms with Crippen LogP contribution in [0.2, 0.25) is 0 Å². The molecule has 0 heterocycles. The Morgan fingerprint density at radius 1 is 1.27 bits per heavy atom. The van der Waals surface area contributed by atoms with E-state index in [1.165, 1.54) is 13.2 Å². The Hall–Kier alpha value is 0.0500. The van der Waals surface area contributed by atoms with Crippen molar-refractivity contribution in [2.45, 2.75) is 11.8 Å². The van der Waals surface area contributed by atoms with Gasteiger partial charge in [-0.15, -0.1) is 0 Å². The number of rotatable bonds is 3. The highest BCUT2D eigenvalue weighted by molar-refractivity contribution is 9.11. The third-order valence-electron chi connectivity index (χ3n) is 1.70. The number of nitrogens with one attached hydrogen (secondary N) is 1. The molecule has 0 aliphatic heterocycles. The van der Waals surface area contributed by atoms with Gasteiger partial charge in [-0.2, -0.15) is 0 Å². The summed E-state index contributed by atoms with van der Waals surface area (Å²) in [6.45, 7) is 1.87. The minimum absolute atomic E-state index is 0.127. The molecule has 4 nitrogen and oxygen atoms in total. The first-order valence-corrected chi connectivity index (χ1v) is 6.96. The molecule has 0 aromatic heterocycles. The van der Waals surface area contributed by atoms with Crippen molar-refractivity contribution in [3.05, 3.63) is 26.6 Å². The maximum Gasteiger partial charge on any atom is 0.263 e. The zero-order valence-corrected chi connectivity index (χ0v) is 12.0. The van der Waals surface area contributed by atoms with Crippen molar-refractivity contribution in [3.63, 3.8) is 0 Å². The van der Waals surface area contributed by atoms with Gasteiger partial charge < -0.3 is 0 Å². The average molecular weight is 359 g/mol. The molecule has 1 aromatic carbocycles. The summed E-state index contributed by atoms with van der Waals surface area (Å²) in [6, 6.07) is 3.23. The zero-order valence-electron chi connectivity index (χ0n) is 8.04. The van der Waals surface area contributed by atoms with E-state index in [1.54, 1.807) is 6.07 Å². The quantitative estimate of drug-likeness (QED) is 0.844. The smallest absolute Gasteiger partial charge is 0.263 e. The summed E-state index contributed by atoms with van der Waals surface area (Å²) in [5.74, 6) is 0. The second-order valence-corrected chi connectivity index (χ2v) is 6.14. The molecule has 7 heteroatoms. The monoisotopic (exact) mass is 357 g/mol. The van der Waals surface area contributed by atoms with Gasteiger partial charge in [0.05, 0.1) is 12.0 Å². The van der Waals surface area contributed by atoms with Crippen LogP contribution in [-0.4, -0.2) is 15.5 Å². The largest absolute Gasteiger partial charge is 0.290 e. The van der Waals surface area contributed by atoms with Crippen LogP contribution >= 0.6 is 31.9 Å². The fourth-order valence-corrected chi connectivity index (χ4v) is 3.48. The van der Waals surface area contributed by atoms with Gasteiger partial charge in [-0.05, 0) is 40.5 Å². The zero-order chi connectivity index (χ0) is 11.6. The van der Waals surface area contributed by atoms with Gasteiger partial charge in [0.15, 0.2) is 0 Å². The van der Waals surface area contributed by atoms with Crippen LogP contribution in [0.5, 0.6) is 0 Å². The first-order chi connectivity index (χ1) is 6.88. The molecule has 0 aliphatic rings. The molecule has 0 spiro atoms. The molecule has 1 aromatic rings. The molecule has 0 unspecified atom stereocenters. The van der Waals surface area contributed by atoms with Crippen molar-refractivity contribution < 1.29 is 13.3 Å². The van der Waals surface area contributed by atoms with Crippen LogP contribution in [0.25, 0.3) is 0 Å². The van der Waals surface area contributed by atoms with Gasteiger partial charge in [0.25, 0.3) is 10.0 Å². The van der Waals surface area contributed by atoms with Crippen molar-refractivity contribution >= 4 is 41.9 Å². The average Bonchev–Trinajstić information content (AvgIpc) is 2.11. The van der Waals surface area contributed by atoms with Crippen molar-refractivity contribution in [2.75, 3.05) is 7.11 Å². The van der Waals surface area contributed by atoms with Gasteiger partial charge >= 0.3 is 0 Å². The first kappa shape index (κ1) is 13.1. The number of benzene rings is 1. The lowest BCUT2D eigenvalue weighted by atomic mass is 10.2. The van der Waals surface area contributed by atoms with Crippen LogP contribution in [0.15, 0.2) is 26.0 Å². The lowest BCUT2D eigenvalue weighted by molar-refractivity contribution is 0.153. The highest BCUT2D eigenvalue weighted by Gasteiger charge is 2.18. The second kappa shape index (κ2) is 4.92. The molecule has 1 rings (SSSR count). The molecular weight excluding hydrogens is 350 g/mol. The predicted octanol–water partition coefficient (Wildman–Crippen LogP) is 2.36. The minimum Gasteiger partial charge on any atom is -0.290 e. The van der Waals surface area contributed by atoms with E-state index >= 15 is 0 Å². The van der Waals surface area contributed by atoms with Gasteiger partial charge in [-0.25, -0.2) is 8.42 Å². The van der Waals surface area contributed by atoms with E-state index in [2.05, 4.69) is 36.7 Å². The molecular formula is C8H9Br2NO3S. The van der Waals surface area contributed by atoms with Crippen LogP contribution in [0.1, 0.15) is 5.56 Å². The SMILES string of the molecule is CONS(=O)(=O)c1cc(Br)c(C)cc1Br. The standard InChI is InChI=1S/C8H9Br2NO3S/c1-5-3-7(10)8(4-6(5)9)15(12,13)11-14-2/h3-4,11H,1-2H3.